The Bertz CT molecular complexity index is 387. The number of carbonyl (C=O) groups excluding carboxylic acids is 1. The minimum Gasteiger partial charge on any atom is -0.397 e. The van der Waals surface area contributed by atoms with Crippen molar-refractivity contribution < 1.29 is 4.79 Å². The summed E-state index contributed by atoms with van der Waals surface area (Å²) in [6.07, 6.45) is 3.01. The molecule has 0 saturated heterocycles. The average molecular weight is 337 g/mol. The summed E-state index contributed by atoms with van der Waals surface area (Å²) in [6, 6.07) is 3.54. The molecule has 122 valence electrons. The monoisotopic (exact) mass is 336 g/mol. The Hall–Kier alpha value is -1.04. The van der Waals surface area contributed by atoms with Crippen molar-refractivity contribution >= 4 is 36.4 Å². The van der Waals surface area contributed by atoms with Crippen molar-refractivity contribution in [3.05, 3.63) is 24.0 Å². The molecule has 0 unspecified atom stereocenters. The zero-order chi connectivity index (χ0) is 14.1. The van der Waals surface area contributed by atoms with Crippen LogP contribution in [-0.2, 0) is 11.2 Å². The number of hydrogen-bond donors (Lipinski definition) is 2. The molecule has 21 heavy (non-hydrogen) atoms. The third kappa shape index (κ3) is 9.50. The van der Waals surface area contributed by atoms with Gasteiger partial charge in [0.1, 0.15) is 0 Å². The molecule has 0 aromatic carbocycles. The van der Waals surface area contributed by atoms with E-state index < -0.39 is 0 Å². The molecule has 0 aliphatic carbocycles. The normalized spacial score (nSPS) is 9.67. The fourth-order valence-corrected chi connectivity index (χ4v) is 1.87. The average Bonchev–Trinajstić information content (AvgIpc) is 2.40. The number of nitrogens with one attached hydrogen (secondary N) is 1. The van der Waals surface area contributed by atoms with E-state index in [1.165, 1.54) is 0 Å². The minimum atomic E-state index is 0. The topological polar surface area (TPSA) is 71.2 Å². The molecule has 1 aromatic rings. The van der Waals surface area contributed by atoms with Crippen molar-refractivity contribution in [3.8, 4) is 0 Å². The predicted octanol–water partition coefficient (Wildman–Crippen LogP) is 1.90. The van der Waals surface area contributed by atoms with Gasteiger partial charge in [0.25, 0.3) is 0 Å². The first-order valence-corrected chi connectivity index (χ1v) is 6.85. The predicted molar refractivity (Wildman–Crippen MR) is 92.3 cm³/mol. The van der Waals surface area contributed by atoms with E-state index in [1.807, 2.05) is 0 Å². The molecule has 0 spiro atoms. The summed E-state index contributed by atoms with van der Waals surface area (Å²) in [4.78, 5) is 18.2. The second kappa shape index (κ2) is 12.7. The van der Waals surface area contributed by atoms with Gasteiger partial charge < -0.3 is 16.0 Å². The van der Waals surface area contributed by atoms with Crippen LogP contribution in [0.2, 0.25) is 0 Å². The summed E-state index contributed by atoms with van der Waals surface area (Å²) < 4.78 is 0. The van der Waals surface area contributed by atoms with Crippen LogP contribution in [0.4, 0.5) is 5.69 Å². The maximum absolute atomic E-state index is 11.7. The lowest BCUT2D eigenvalue weighted by atomic mass is 10.2. The summed E-state index contributed by atoms with van der Waals surface area (Å²) >= 11 is 0. The SMILES string of the molecule is CCCN(CC)CCNC(=O)Cc1ccc(N)cn1.Cl.Cl. The molecule has 0 aliphatic heterocycles. The number of carbonyl (C=O) groups is 1. The third-order valence-corrected chi connectivity index (χ3v) is 2.93. The summed E-state index contributed by atoms with van der Waals surface area (Å²) in [5.41, 5.74) is 6.90. The quantitative estimate of drug-likeness (QED) is 0.760. The van der Waals surface area contributed by atoms with Gasteiger partial charge in [0, 0.05) is 18.8 Å². The second-order valence-corrected chi connectivity index (χ2v) is 4.54. The van der Waals surface area contributed by atoms with Gasteiger partial charge in [-0.25, -0.2) is 0 Å². The smallest absolute Gasteiger partial charge is 0.226 e. The Labute approximate surface area is 139 Å². The van der Waals surface area contributed by atoms with Gasteiger partial charge >= 0.3 is 0 Å². The van der Waals surface area contributed by atoms with Gasteiger partial charge in [0.15, 0.2) is 0 Å². The number of nitrogens with two attached hydrogens (primary N) is 1. The molecule has 0 radical (unpaired) electrons. The molecule has 7 heteroatoms. The zero-order valence-electron chi connectivity index (χ0n) is 12.7. The highest BCUT2D eigenvalue weighted by atomic mass is 35.5. The highest BCUT2D eigenvalue weighted by Crippen LogP contribution is 2.01. The Morgan fingerprint density at radius 2 is 2.00 bits per heavy atom. The van der Waals surface area contributed by atoms with Crippen molar-refractivity contribution in [2.45, 2.75) is 26.7 Å². The lowest BCUT2D eigenvalue weighted by Crippen LogP contribution is -2.36. The number of halogens is 2. The summed E-state index contributed by atoms with van der Waals surface area (Å²) in [7, 11) is 0. The van der Waals surface area contributed by atoms with Gasteiger partial charge in [0.05, 0.1) is 18.3 Å². The molecule has 0 fully saturated rings. The molecule has 1 heterocycles. The van der Waals surface area contributed by atoms with E-state index >= 15 is 0 Å². The minimum absolute atomic E-state index is 0. The number of rotatable bonds is 8. The van der Waals surface area contributed by atoms with Crippen LogP contribution in [0.3, 0.4) is 0 Å². The number of aromatic nitrogens is 1. The van der Waals surface area contributed by atoms with Crippen LogP contribution >= 0.6 is 24.8 Å². The van der Waals surface area contributed by atoms with Crippen LogP contribution in [0.5, 0.6) is 0 Å². The molecule has 0 bridgehead atoms. The number of nitrogens with zero attached hydrogens (tertiary/aromatic N) is 2. The first-order valence-electron chi connectivity index (χ1n) is 6.85. The summed E-state index contributed by atoms with van der Waals surface area (Å²) in [6.45, 7) is 7.96. The molecule has 0 saturated carbocycles. The van der Waals surface area contributed by atoms with Crippen LogP contribution < -0.4 is 11.1 Å². The lowest BCUT2D eigenvalue weighted by Gasteiger charge is -2.19. The van der Waals surface area contributed by atoms with E-state index in [-0.39, 0.29) is 30.7 Å². The second-order valence-electron chi connectivity index (χ2n) is 4.54. The van der Waals surface area contributed by atoms with Crippen LogP contribution in [0, 0.1) is 0 Å². The maximum atomic E-state index is 11.7. The number of nitrogen functional groups attached to an aromatic ring is 1. The molecular formula is C14H26Cl2N4O. The van der Waals surface area contributed by atoms with Crippen LogP contribution in [0.25, 0.3) is 0 Å². The first kappa shape index (κ1) is 22.2. The first-order chi connectivity index (χ1) is 9.15. The third-order valence-electron chi connectivity index (χ3n) is 2.93. The molecule has 0 atom stereocenters. The van der Waals surface area contributed by atoms with Gasteiger partial charge in [-0.2, -0.15) is 0 Å². The summed E-state index contributed by atoms with van der Waals surface area (Å²) in [5.74, 6) is 0.00447. The lowest BCUT2D eigenvalue weighted by molar-refractivity contribution is -0.120. The van der Waals surface area contributed by atoms with Crippen LogP contribution in [0.1, 0.15) is 26.0 Å². The fraction of sp³-hybridized carbons (Fsp3) is 0.571. The van der Waals surface area contributed by atoms with Crippen molar-refractivity contribution in [1.29, 1.82) is 0 Å². The standard InChI is InChI=1S/C14H24N4O.2ClH/c1-3-8-18(4-2)9-7-16-14(19)10-13-6-5-12(15)11-17-13;;/h5-6,11H,3-4,7-10,15H2,1-2H3,(H,16,19);2*1H. The van der Waals surface area contributed by atoms with Gasteiger partial charge in [-0.15, -0.1) is 24.8 Å². The Kier molecular flexibility index (Phi) is 13.4. The van der Waals surface area contributed by atoms with Crippen molar-refractivity contribution in [1.82, 2.24) is 15.2 Å². The molecule has 1 amide bonds. The number of pyridine rings is 1. The van der Waals surface area contributed by atoms with E-state index in [0.29, 0.717) is 18.7 Å². The van der Waals surface area contributed by atoms with Crippen molar-refractivity contribution in [2.75, 3.05) is 31.9 Å². The molecule has 1 rings (SSSR count). The van der Waals surface area contributed by atoms with Crippen molar-refractivity contribution in [3.63, 3.8) is 0 Å². The number of amides is 1. The Balaban J connectivity index is 0. The highest BCUT2D eigenvalue weighted by molar-refractivity contribution is 5.85. The van der Waals surface area contributed by atoms with E-state index in [1.54, 1.807) is 18.3 Å². The van der Waals surface area contributed by atoms with E-state index in [0.717, 1.165) is 31.7 Å². The molecule has 3 N–H and O–H groups in total. The molecule has 5 nitrogen and oxygen atoms in total. The molecular weight excluding hydrogens is 311 g/mol. The zero-order valence-corrected chi connectivity index (χ0v) is 14.3. The molecule has 0 aliphatic rings. The number of likely N-dealkylation sites (N-methyl/N-ethyl adjacent to an activating group) is 1. The number of anilines is 1. The van der Waals surface area contributed by atoms with Crippen LogP contribution in [0.15, 0.2) is 18.3 Å². The van der Waals surface area contributed by atoms with E-state index in [9.17, 15) is 4.79 Å². The maximum Gasteiger partial charge on any atom is 0.226 e. The Morgan fingerprint density at radius 1 is 1.29 bits per heavy atom. The van der Waals surface area contributed by atoms with E-state index in [4.69, 9.17) is 5.73 Å². The van der Waals surface area contributed by atoms with E-state index in [2.05, 4.69) is 29.0 Å². The van der Waals surface area contributed by atoms with Crippen molar-refractivity contribution in [2.24, 2.45) is 0 Å². The number of hydrogen-bond acceptors (Lipinski definition) is 4. The van der Waals surface area contributed by atoms with Gasteiger partial charge in [-0.3, -0.25) is 9.78 Å². The van der Waals surface area contributed by atoms with Gasteiger partial charge in [-0.1, -0.05) is 13.8 Å². The van der Waals surface area contributed by atoms with Crippen LogP contribution in [-0.4, -0.2) is 42.0 Å². The van der Waals surface area contributed by atoms with Gasteiger partial charge in [-0.05, 0) is 31.6 Å². The fourth-order valence-electron chi connectivity index (χ4n) is 1.87. The summed E-state index contributed by atoms with van der Waals surface area (Å²) in [5, 5.41) is 2.92. The largest absolute Gasteiger partial charge is 0.397 e. The highest BCUT2D eigenvalue weighted by Gasteiger charge is 2.05. The Morgan fingerprint density at radius 3 is 2.52 bits per heavy atom. The molecule has 1 aromatic heterocycles. The van der Waals surface area contributed by atoms with Gasteiger partial charge in [0.2, 0.25) is 5.91 Å².